The predicted molar refractivity (Wildman–Crippen MR) is 104 cm³/mol. The van der Waals surface area contributed by atoms with Crippen LogP contribution in [0.5, 0.6) is 0 Å². The smallest absolute Gasteiger partial charge is 0.244 e. The molecule has 0 spiro atoms. The summed E-state index contributed by atoms with van der Waals surface area (Å²) < 4.78 is 0. The van der Waals surface area contributed by atoms with Crippen LogP contribution in [-0.2, 0) is 9.59 Å². The fourth-order valence-electron chi connectivity index (χ4n) is 4.03. The van der Waals surface area contributed by atoms with E-state index in [0.717, 1.165) is 12.2 Å². The van der Waals surface area contributed by atoms with Crippen molar-refractivity contribution in [3.8, 4) is 0 Å². The number of halogens is 1. The highest BCUT2D eigenvalue weighted by atomic mass is 35.5. The van der Waals surface area contributed by atoms with Gasteiger partial charge in [-0.3, -0.25) is 14.5 Å². The highest BCUT2D eigenvalue weighted by molar-refractivity contribution is 6.33. The molecule has 2 amide bonds. The number of anilines is 1. The Morgan fingerprint density at radius 3 is 2.69 bits per heavy atom. The number of hydrogen-bond acceptors (Lipinski definition) is 3. The molecule has 0 radical (unpaired) electrons. The fourth-order valence-corrected chi connectivity index (χ4v) is 4.26. The fraction of sp³-hybridized carbons (Fsp3) is 0.600. The van der Waals surface area contributed by atoms with E-state index in [1.807, 2.05) is 30.1 Å². The summed E-state index contributed by atoms with van der Waals surface area (Å²) >= 11 is 6.22. The zero-order valence-corrected chi connectivity index (χ0v) is 16.2. The number of hydrogen-bond donors (Lipinski definition) is 1. The molecule has 26 heavy (non-hydrogen) atoms. The minimum absolute atomic E-state index is 0.00191. The average Bonchev–Trinajstić information content (AvgIpc) is 3.03. The van der Waals surface area contributed by atoms with Crippen molar-refractivity contribution < 1.29 is 9.59 Å². The van der Waals surface area contributed by atoms with Gasteiger partial charge in [0, 0.05) is 13.1 Å². The normalized spacial score (nSPS) is 21.4. The van der Waals surface area contributed by atoms with Crippen LogP contribution in [0.2, 0.25) is 5.02 Å². The van der Waals surface area contributed by atoms with Crippen molar-refractivity contribution in [2.45, 2.75) is 44.6 Å². The van der Waals surface area contributed by atoms with Crippen molar-refractivity contribution in [2.75, 3.05) is 31.6 Å². The number of amides is 2. The Balaban J connectivity index is 1.50. The van der Waals surface area contributed by atoms with E-state index in [9.17, 15) is 9.59 Å². The van der Waals surface area contributed by atoms with Crippen LogP contribution >= 0.6 is 11.6 Å². The summed E-state index contributed by atoms with van der Waals surface area (Å²) in [5.41, 5.74) is 0.747. The second-order valence-corrected chi connectivity index (χ2v) is 7.88. The maximum absolute atomic E-state index is 12.8. The van der Waals surface area contributed by atoms with Gasteiger partial charge in [0.25, 0.3) is 0 Å². The standard InChI is InChI=1S/C20H28ClN3O2/c1-23(14-19(25)22-13-15-7-3-2-4-8-15)18-11-12-24(20(18)26)17-10-6-5-9-16(17)21/h5-6,9-10,15,18H,2-4,7-8,11-14H2,1H3,(H,22,25). The second-order valence-electron chi connectivity index (χ2n) is 7.47. The maximum atomic E-state index is 12.8. The molecule has 1 atom stereocenters. The van der Waals surface area contributed by atoms with Crippen molar-refractivity contribution in [3.05, 3.63) is 29.3 Å². The molecule has 6 heteroatoms. The Kier molecular flexibility index (Phi) is 6.54. The summed E-state index contributed by atoms with van der Waals surface area (Å²) in [6, 6.07) is 7.11. The minimum atomic E-state index is -0.272. The highest BCUT2D eigenvalue weighted by Gasteiger charge is 2.36. The first kappa shape index (κ1) is 19.2. The van der Waals surface area contributed by atoms with E-state index in [2.05, 4.69) is 5.32 Å². The topological polar surface area (TPSA) is 52.7 Å². The van der Waals surface area contributed by atoms with Gasteiger partial charge in [0.15, 0.2) is 0 Å². The van der Waals surface area contributed by atoms with E-state index in [0.29, 0.717) is 23.9 Å². The molecular weight excluding hydrogens is 350 g/mol. The Morgan fingerprint density at radius 2 is 1.96 bits per heavy atom. The summed E-state index contributed by atoms with van der Waals surface area (Å²) in [7, 11) is 1.85. The third-order valence-corrected chi connectivity index (χ3v) is 5.88. The van der Waals surface area contributed by atoms with Gasteiger partial charge in [-0.2, -0.15) is 0 Å². The summed E-state index contributed by atoms with van der Waals surface area (Å²) in [5, 5.41) is 3.63. The molecule has 0 bridgehead atoms. The number of likely N-dealkylation sites (N-methyl/N-ethyl adjacent to an activating group) is 1. The van der Waals surface area contributed by atoms with Gasteiger partial charge in [0.1, 0.15) is 0 Å². The zero-order valence-electron chi connectivity index (χ0n) is 15.4. The van der Waals surface area contributed by atoms with Gasteiger partial charge in [-0.05, 0) is 44.4 Å². The Bertz CT molecular complexity index is 646. The van der Waals surface area contributed by atoms with Crippen LogP contribution in [0.1, 0.15) is 38.5 Å². The van der Waals surface area contributed by atoms with Crippen molar-refractivity contribution in [3.63, 3.8) is 0 Å². The largest absolute Gasteiger partial charge is 0.355 e. The molecule has 0 aromatic heterocycles. The molecule has 1 aliphatic carbocycles. The zero-order chi connectivity index (χ0) is 18.5. The van der Waals surface area contributed by atoms with Gasteiger partial charge in [-0.1, -0.05) is 43.0 Å². The number of benzene rings is 1. The molecule has 142 valence electrons. The molecule has 1 N–H and O–H groups in total. The molecule has 2 fully saturated rings. The number of nitrogens with one attached hydrogen (secondary N) is 1. The van der Waals surface area contributed by atoms with Gasteiger partial charge in [0.05, 0.1) is 23.3 Å². The van der Waals surface area contributed by atoms with E-state index in [-0.39, 0.29) is 24.4 Å². The summed E-state index contributed by atoms with van der Waals surface area (Å²) in [5.74, 6) is 0.629. The number of rotatable bonds is 6. The molecule has 3 rings (SSSR count). The monoisotopic (exact) mass is 377 g/mol. The lowest BCUT2D eigenvalue weighted by atomic mass is 9.89. The molecule has 1 aliphatic heterocycles. The lowest BCUT2D eigenvalue weighted by molar-refractivity contribution is -0.125. The van der Waals surface area contributed by atoms with Crippen molar-refractivity contribution in [1.29, 1.82) is 0 Å². The minimum Gasteiger partial charge on any atom is -0.355 e. The van der Waals surface area contributed by atoms with Gasteiger partial charge in [-0.25, -0.2) is 0 Å². The molecule has 1 aromatic rings. The molecule has 1 heterocycles. The molecule has 1 aromatic carbocycles. The molecule has 2 aliphatic rings. The Labute approximate surface area is 160 Å². The molecule has 1 saturated carbocycles. The lowest BCUT2D eigenvalue weighted by Gasteiger charge is -2.25. The van der Waals surface area contributed by atoms with Gasteiger partial charge in [-0.15, -0.1) is 0 Å². The Hall–Kier alpha value is -1.59. The first-order chi connectivity index (χ1) is 12.6. The number of carbonyl (C=O) groups excluding carboxylic acids is 2. The number of carbonyl (C=O) groups is 2. The predicted octanol–water partition coefficient (Wildman–Crippen LogP) is 3.07. The number of para-hydroxylation sites is 1. The van der Waals surface area contributed by atoms with Crippen LogP contribution in [0, 0.1) is 5.92 Å². The quantitative estimate of drug-likeness (QED) is 0.828. The van der Waals surface area contributed by atoms with Crippen LogP contribution < -0.4 is 10.2 Å². The van der Waals surface area contributed by atoms with E-state index in [1.165, 1.54) is 32.1 Å². The number of nitrogens with zero attached hydrogens (tertiary/aromatic N) is 2. The van der Waals surface area contributed by atoms with E-state index in [1.54, 1.807) is 11.0 Å². The van der Waals surface area contributed by atoms with Gasteiger partial charge < -0.3 is 10.2 Å². The van der Waals surface area contributed by atoms with Gasteiger partial charge >= 0.3 is 0 Å². The second kappa shape index (κ2) is 8.87. The van der Waals surface area contributed by atoms with E-state index in [4.69, 9.17) is 11.6 Å². The summed E-state index contributed by atoms with van der Waals surface area (Å²) in [6.45, 7) is 1.64. The highest BCUT2D eigenvalue weighted by Crippen LogP contribution is 2.30. The third kappa shape index (κ3) is 4.57. The summed E-state index contributed by atoms with van der Waals surface area (Å²) in [4.78, 5) is 28.6. The SMILES string of the molecule is CN(CC(=O)NCC1CCCCC1)C1CCN(c2ccccc2Cl)C1=O. The lowest BCUT2D eigenvalue weighted by Crippen LogP contribution is -2.45. The van der Waals surface area contributed by atoms with Gasteiger partial charge in [0.2, 0.25) is 11.8 Å². The third-order valence-electron chi connectivity index (χ3n) is 5.56. The molecule has 1 unspecified atom stereocenters. The molecule has 5 nitrogen and oxygen atoms in total. The maximum Gasteiger partial charge on any atom is 0.244 e. The average molecular weight is 378 g/mol. The van der Waals surface area contributed by atoms with Crippen LogP contribution in [0.4, 0.5) is 5.69 Å². The molecule has 1 saturated heterocycles. The Morgan fingerprint density at radius 1 is 1.23 bits per heavy atom. The van der Waals surface area contributed by atoms with Crippen LogP contribution in [0.25, 0.3) is 0 Å². The van der Waals surface area contributed by atoms with Crippen molar-refractivity contribution in [1.82, 2.24) is 10.2 Å². The molecular formula is C20H28ClN3O2. The first-order valence-corrected chi connectivity index (χ1v) is 9.97. The van der Waals surface area contributed by atoms with Crippen molar-refractivity contribution >= 4 is 29.1 Å². The van der Waals surface area contributed by atoms with E-state index < -0.39 is 0 Å². The summed E-state index contributed by atoms with van der Waals surface area (Å²) in [6.07, 6.45) is 6.99. The first-order valence-electron chi connectivity index (χ1n) is 9.59. The van der Waals surface area contributed by atoms with Crippen LogP contribution in [0.15, 0.2) is 24.3 Å². The van der Waals surface area contributed by atoms with E-state index >= 15 is 0 Å². The van der Waals surface area contributed by atoms with Crippen LogP contribution in [0.3, 0.4) is 0 Å². The van der Waals surface area contributed by atoms with Crippen LogP contribution in [-0.4, -0.2) is 49.4 Å². The van der Waals surface area contributed by atoms with Crippen molar-refractivity contribution in [2.24, 2.45) is 5.92 Å².